The fourth-order valence-electron chi connectivity index (χ4n) is 1.18. The highest BCUT2D eigenvalue weighted by molar-refractivity contribution is 6.36. The van der Waals surface area contributed by atoms with E-state index in [1.807, 2.05) is 6.92 Å². The number of nitrogens with zero attached hydrogens (tertiary/aromatic N) is 1. The van der Waals surface area contributed by atoms with E-state index in [4.69, 9.17) is 27.9 Å². The number of carbonyl (C=O) groups excluding carboxylic acids is 1. The summed E-state index contributed by atoms with van der Waals surface area (Å²) in [6.45, 7) is 1.99. The van der Waals surface area contributed by atoms with Crippen LogP contribution in [0.4, 0.5) is 5.69 Å². The second-order valence-corrected chi connectivity index (χ2v) is 4.02. The molecule has 0 saturated heterocycles. The molecule has 17 heavy (non-hydrogen) atoms. The van der Waals surface area contributed by atoms with Gasteiger partial charge < -0.3 is 4.74 Å². The lowest BCUT2D eigenvalue weighted by Crippen LogP contribution is -2.09. The first-order chi connectivity index (χ1) is 7.97. The van der Waals surface area contributed by atoms with E-state index in [2.05, 4.69) is 0 Å². The van der Waals surface area contributed by atoms with Gasteiger partial charge in [0, 0.05) is 5.02 Å². The highest BCUT2D eigenvalue weighted by atomic mass is 35.5. The zero-order chi connectivity index (χ0) is 13.0. The molecule has 0 aromatic heterocycles. The first-order valence-electron chi connectivity index (χ1n) is 4.78. The molecule has 0 spiro atoms. The van der Waals surface area contributed by atoms with Gasteiger partial charge in [-0.25, -0.2) is 4.79 Å². The van der Waals surface area contributed by atoms with Gasteiger partial charge in [-0.1, -0.05) is 30.1 Å². The Morgan fingerprint density at radius 2 is 2.12 bits per heavy atom. The number of halogens is 2. The number of hydrogen-bond acceptors (Lipinski definition) is 4. The third kappa shape index (κ3) is 3.31. The Balaban J connectivity index is 3.20. The van der Waals surface area contributed by atoms with Crippen LogP contribution in [0.1, 0.15) is 23.7 Å². The lowest BCUT2D eigenvalue weighted by molar-refractivity contribution is -0.385. The maximum absolute atomic E-state index is 11.6. The Morgan fingerprint density at radius 1 is 1.47 bits per heavy atom. The van der Waals surface area contributed by atoms with Crippen LogP contribution in [0.15, 0.2) is 12.1 Å². The maximum atomic E-state index is 11.6. The van der Waals surface area contributed by atoms with Crippen molar-refractivity contribution in [3.8, 4) is 0 Å². The van der Waals surface area contributed by atoms with Crippen molar-refractivity contribution in [1.29, 1.82) is 0 Å². The van der Waals surface area contributed by atoms with Gasteiger partial charge in [0.25, 0.3) is 0 Å². The highest BCUT2D eigenvalue weighted by Gasteiger charge is 2.25. The molecule has 1 aromatic rings. The van der Waals surface area contributed by atoms with E-state index in [0.717, 1.165) is 0 Å². The van der Waals surface area contributed by atoms with Crippen molar-refractivity contribution in [1.82, 2.24) is 0 Å². The number of ether oxygens (including phenoxy) is 1. The summed E-state index contributed by atoms with van der Waals surface area (Å²) in [6, 6.07) is 2.38. The number of nitro groups is 1. The number of benzene rings is 1. The molecule has 0 bridgehead atoms. The molecule has 0 radical (unpaired) electrons. The van der Waals surface area contributed by atoms with Crippen LogP contribution >= 0.6 is 23.2 Å². The van der Waals surface area contributed by atoms with E-state index in [1.54, 1.807) is 0 Å². The van der Waals surface area contributed by atoms with Crippen LogP contribution in [0.2, 0.25) is 10.0 Å². The molecule has 7 heteroatoms. The summed E-state index contributed by atoms with van der Waals surface area (Å²) in [6.07, 6.45) is 0.619. The SMILES string of the molecule is CCCOC(=O)c1cc(Cl)cc(Cl)c1[N+](=O)[O-]. The summed E-state index contributed by atoms with van der Waals surface area (Å²) in [5.41, 5.74) is -0.724. The molecule has 0 fully saturated rings. The molecule has 1 aromatic carbocycles. The van der Waals surface area contributed by atoms with E-state index in [9.17, 15) is 14.9 Å². The van der Waals surface area contributed by atoms with Gasteiger partial charge in [-0.05, 0) is 18.6 Å². The Hall–Kier alpha value is -1.33. The fraction of sp³-hybridized carbons (Fsp3) is 0.300. The smallest absolute Gasteiger partial charge is 0.345 e. The molecular weight excluding hydrogens is 269 g/mol. The summed E-state index contributed by atoms with van der Waals surface area (Å²) in [7, 11) is 0. The lowest BCUT2D eigenvalue weighted by Gasteiger charge is -2.05. The Bertz CT molecular complexity index is 462. The van der Waals surface area contributed by atoms with Crippen LogP contribution in [0.3, 0.4) is 0 Å². The van der Waals surface area contributed by atoms with Gasteiger partial charge in [0.15, 0.2) is 0 Å². The van der Waals surface area contributed by atoms with Crippen molar-refractivity contribution in [2.75, 3.05) is 6.61 Å². The molecular formula is C10H9Cl2NO4. The molecule has 0 unspecified atom stereocenters. The summed E-state index contributed by atoms with van der Waals surface area (Å²) >= 11 is 11.4. The van der Waals surface area contributed by atoms with Crippen molar-refractivity contribution >= 4 is 34.9 Å². The highest BCUT2D eigenvalue weighted by Crippen LogP contribution is 2.32. The lowest BCUT2D eigenvalue weighted by atomic mass is 10.2. The van der Waals surface area contributed by atoms with Crippen LogP contribution in [0.5, 0.6) is 0 Å². The van der Waals surface area contributed by atoms with Crippen molar-refractivity contribution < 1.29 is 14.5 Å². The minimum absolute atomic E-state index is 0.143. The quantitative estimate of drug-likeness (QED) is 0.480. The van der Waals surface area contributed by atoms with E-state index in [0.29, 0.717) is 6.42 Å². The van der Waals surface area contributed by atoms with Crippen molar-refractivity contribution in [2.24, 2.45) is 0 Å². The normalized spacial score (nSPS) is 10.1. The van der Waals surface area contributed by atoms with Gasteiger partial charge in [-0.3, -0.25) is 10.1 Å². The zero-order valence-electron chi connectivity index (χ0n) is 8.91. The van der Waals surface area contributed by atoms with E-state index >= 15 is 0 Å². The second kappa shape index (κ2) is 5.84. The average Bonchev–Trinajstić information content (AvgIpc) is 2.23. The summed E-state index contributed by atoms with van der Waals surface area (Å²) < 4.78 is 4.82. The van der Waals surface area contributed by atoms with Crippen LogP contribution in [0.25, 0.3) is 0 Å². The van der Waals surface area contributed by atoms with Crippen LogP contribution in [-0.4, -0.2) is 17.5 Å². The Morgan fingerprint density at radius 3 is 2.65 bits per heavy atom. The Kier molecular flexibility index (Phi) is 4.72. The summed E-state index contributed by atoms with van der Waals surface area (Å²) in [5, 5.41) is 10.8. The molecule has 0 N–H and O–H groups in total. The third-order valence-electron chi connectivity index (χ3n) is 1.87. The first kappa shape index (κ1) is 13.7. The zero-order valence-corrected chi connectivity index (χ0v) is 10.4. The number of carbonyl (C=O) groups is 1. The predicted molar refractivity (Wildman–Crippen MR) is 63.7 cm³/mol. The molecule has 1 rings (SSSR count). The van der Waals surface area contributed by atoms with Crippen LogP contribution in [0, 0.1) is 10.1 Å². The molecule has 0 aliphatic heterocycles. The minimum atomic E-state index is -0.803. The number of nitro benzene ring substituents is 1. The molecule has 5 nitrogen and oxygen atoms in total. The number of esters is 1. The fourth-order valence-corrected chi connectivity index (χ4v) is 1.74. The molecule has 0 aliphatic rings. The van der Waals surface area contributed by atoms with Crippen LogP contribution in [-0.2, 0) is 4.74 Å². The van der Waals surface area contributed by atoms with Crippen molar-refractivity contribution in [3.63, 3.8) is 0 Å². The molecule has 0 atom stereocenters. The van der Waals surface area contributed by atoms with Gasteiger partial charge in [0.05, 0.1) is 11.5 Å². The van der Waals surface area contributed by atoms with E-state index < -0.39 is 16.6 Å². The molecule has 0 saturated carbocycles. The standard InChI is InChI=1S/C10H9Cl2NO4/c1-2-3-17-10(14)7-4-6(11)5-8(12)9(7)13(15)16/h4-5H,2-3H2,1H3. The first-order valence-corrected chi connectivity index (χ1v) is 5.53. The molecule has 92 valence electrons. The number of rotatable bonds is 4. The number of hydrogen-bond donors (Lipinski definition) is 0. The maximum Gasteiger partial charge on any atom is 0.345 e. The molecule has 0 amide bonds. The van der Waals surface area contributed by atoms with Crippen molar-refractivity contribution in [3.05, 3.63) is 37.9 Å². The van der Waals surface area contributed by atoms with Crippen LogP contribution < -0.4 is 0 Å². The van der Waals surface area contributed by atoms with Gasteiger partial charge in [0.2, 0.25) is 0 Å². The largest absolute Gasteiger partial charge is 0.462 e. The van der Waals surface area contributed by atoms with E-state index in [-0.39, 0.29) is 22.2 Å². The van der Waals surface area contributed by atoms with Gasteiger partial charge in [0.1, 0.15) is 10.6 Å². The third-order valence-corrected chi connectivity index (χ3v) is 2.37. The van der Waals surface area contributed by atoms with Gasteiger partial charge >= 0.3 is 11.7 Å². The average molecular weight is 278 g/mol. The van der Waals surface area contributed by atoms with Crippen molar-refractivity contribution in [2.45, 2.75) is 13.3 Å². The Labute approximate surface area is 107 Å². The predicted octanol–water partition coefficient (Wildman–Crippen LogP) is 3.47. The topological polar surface area (TPSA) is 69.4 Å². The van der Waals surface area contributed by atoms with E-state index in [1.165, 1.54) is 12.1 Å². The second-order valence-electron chi connectivity index (χ2n) is 3.18. The summed E-state index contributed by atoms with van der Waals surface area (Å²) in [5.74, 6) is -0.803. The molecule has 0 heterocycles. The van der Waals surface area contributed by atoms with Gasteiger partial charge in [-0.2, -0.15) is 0 Å². The minimum Gasteiger partial charge on any atom is -0.462 e. The summed E-state index contributed by atoms with van der Waals surface area (Å²) in [4.78, 5) is 21.7. The monoisotopic (exact) mass is 277 g/mol. The molecule has 0 aliphatic carbocycles. The van der Waals surface area contributed by atoms with Gasteiger partial charge in [-0.15, -0.1) is 0 Å².